The van der Waals surface area contributed by atoms with Gasteiger partial charge in [0.25, 0.3) is 0 Å². The van der Waals surface area contributed by atoms with Gasteiger partial charge < -0.3 is 15.2 Å². The van der Waals surface area contributed by atoms with Gasteiger partial charge >= 0.3 is 0 Å². The van der Waals surface area contributed by atoms with Crippen molar-refractivity contribution in [3.8, 4) is 11.5 Å². The molecule has 1 heterocycles. The van der Waals surface area contributed by atoms with Crippen molar-refractivity contribution in [2.75, 3.05) is 14.2 Å². The summed E-state index contributed by atoms with van der Waals surface area (Å²) in [6.07, 6.45) is 1.83. The maximum absolute atomic E-state index is 6.25. The van der Waals surface area contributed by atoms with Gasteiger partial charge in [-0.25, -0.2) is 0 Å². The highest BCUT2D eigenvalue weighted by Crippen LogP contribution is 2.37. The molecule has 2 aromatic rings. The highest BCUT2D eigenvalue weighted by atomic mass is 35.5. The monoisotopic (exact) mass is 311 g/mol. The van der Waals surface area contributed by atoms with E-state index in [0.29, 0.717) is 16.5 Å². The van der Waals surface area contributed by atoms with Crippen molar-refractivity contribution in [2.24, 2.45) is 5.73 Å². The van der Waals surface area contributed by atoms with E-state index >= 15 is 0 Å². The predicted molar refractivity (Wildman–Crippen MR) is 84.1 cm³/mol. The van der Waals surface area contributed by atoms with Gasteiger partial charge in [0.2, 0.25) is 0 Å². The molecule has 2 N–H and O–H groups in total. The van der Waals surface area contributed by atoms with Crippen molar-refractivity contribution >= 4 is 22.9 Å². The summed E-state index contributed by atoms with van der Waals surface area (Å²) in [6.45, 7) is 0. The Labute approximate surface area is 128 Å². The highest BCUT2D eigenvalue weighted by Gasteiger charge is 2.15. The molecule has 0 aliphatic rings. The van der Waals surface area contributed by atoms with E-state index in [1.807, 2.05) is 12.1 Å². The summed E-state index contributed by atoms with van der Waals surface area (Å²) >= 11 is 7.95. The zero-order valence-electron chi connectivity index (χ0n) is 11.6. The Bertz CT molecular complexity index is 557. The van der Waals surface area contributed by atoms with Crippen LogP contribution in [-0.2, 0) is 6.42 Å². The second-order valence-corrected chi connectivity index (χ2v) is 5.90. The summed E-state index contributed by atoms with van der Waals surface area (Å²) in [5.41, 5.74) is 7.21. The number of rotatable bonds is 6. The van der Waals surface area contributed by atoms with Gasteiger partial charge in [0.15, 0.2) is 11.5 Å². The zero-order valence-corrected chi connectivity index (χ0v) is 13.1. The van der Waals surface area contributed by atoms with Gasteiger partial charge in [0.05, 0.1) is 19.2 Å². The van der Waals surface area contributed by atoms with Gasteiger partial charge in [-0.05, 0) is 42.0 Å². The van der Waals surface area contributed by atoms with Crippen molar-refractivity contribution in [1.82, 2.24) is 0 Å². The summed E-state index contributed by atoms with van der Waals surface area (Å²) in [5, 5.41) is 2.60. The van der Waals surface area contributed by atoms with E-state index in [1.165, 1.54) is 4.88 Å². The third kappa shape index (κ3) is 3.45. The third-order valence-electron chi connectivity index (χ3n) is 3.17. The van der Waals surface area contributed by atoms with Crippen LogP contribution in [0.3, 0.4) is 0 Å². The number of benzene rings is 1. The van der Waals surface area contributed by atoms with Gasteiger partial charge in [0, 0.05) is 10.9 Å². The molecule has 1 unspecified atom stereocenters. The minimum atomic E-state index is -0.0746. The Morgan fingerprint density at radius 3 is 2.70 bits per heavy atom. The quantitative estimate of drug-likeness (QED) is 0.875. The van der Waals surface area contributed by atoms with Crippen molar-refractivity contribution in [2.45, 2.75) is 18.9 Å². The third-order valence-corrected chi connectivity index (χ3v) is 4.38. The van der Waals surface area contributed by atoms with E-state index in [9.17, 15) is 0 Å². The van der Waals surface area contributed by atoms with Crippen molar-refractivity contribution in [3.63, 3.8) is 0 Å². The maximum Gasteiger partial charge on any atom is 0.179 e. The molecule has 0 aliphatic carbocycles. The number of aryl methyl sites for hydroxylation is 1. The molecule has 5 heteroatoms. The van der Waals surface area contributed by atoms with Gasteiger partial charge in [-0.15, -0.1) is 11.3 Å². The van der Waals surface area contributed by atoms with Crippen LogP contribution in [0.2, 0.25) is 5.02 Å². The Balaban J connectivity index is 2.13. The first-order valence-electron chi connectivity index (χ1n) is 6.35. The lowest BCUT2D eigenvalue weighted by molar-refractivity contribution is 0.354. The van der Waals surface area contributed by atoms with Crippen LogP contribution < -0.4 is 15.2 Å². The van der Waals surface area contributed by atoms with Gasteiger partial charge in [0.1, 0.15) is 0 Å². The van der Waals surface area contributed by atoms with Crippen molar-refractivity contribution < 1.29 is 9.47 Å². The fraction of sp³-hybridized carbons (Fsp3) is 0.333. The molecule has 3 nitrogen and oxygen atoms in total. The van der Waals surface area contributed by atoms with E-state index in [0.717, 1.165) is 18.4 Å². The smallest absolute Gasteiger partial charge is 0.179 e. The first kappa shape index (κ1) is 15.2. The van der Waals surface area contributed by atoms with Crippen LogP contribution in [0.25, 0.3) is 0 Å². The molecule has 0 aliphatic heterocycles. The second-order valence-electron chi connectivity index (χ2n) is 4.46. The summed E-state index contributed by atoms with van der Waals surface area (Å²) in [4.78, 5) is 1.34. The standard InChI is InChI=1S/C15H18ClNO2S/c1-18-14-9-10(8-12(16)15(14)19-2)13(17)6-5-11-4-3-7-20-11/h3-4,7-9,13H,5-6,17H2,1-2H3. The maximum atomic E-state index is 6.25. The molecule has 0 fully saturated rings. The van der Waals surface area contributed by atoms with Crippen LogP contribution in [0.5, 0.6) is 11.5 Å². The number of hydrogen-bond donors (Lipinski definition) is 1. The largest absolute Gasteiger partial charge is 0.493 e. The number of hydrogen-bond acceptors (Lipinski definition) is 4. The van der Waals surface area contributed by atoms with Gasteiger partial charge in [-0.3, -0.25) is 0 Å². The molecule has 1 aromatic carbocycles. The van der Waals surface area contributed by atoms with Crippen LogP contribution in [0.4, 0.5) is 0 Å². The Morgan fingerprint density at radius 1 is 1.30 bits per heavy atom. The van der Waals surface area contributed by atoms with Crippen LogP contribution >= 0.6 is 22.9 Å². The molecule has 20 heavy (non-hydrogen) atoms. The average molecular weight is 312 g/mol. The lowest BCUT2D eigenvalue weighted by atomic mass is 10.0. The zero-order chi connectivity index (χ0) is 14.5. The number of ether oxygens (including phenoxy) is 2. The minimum Gasteiger partial charge on any atom is -0.493 e. The highest BCUT2D eigenvalue weighted by molar-refractivity contribution is 7.09. The molecule has 0 saturated heterocycles. The van der Waals surface area contributed by atoms with Crippen LogP contribution in [0.1, 0.15) is 22.9 Å². The fourth-order valence-corrected chi connectivity index (χ4v) is 3.09. The number of thiophene rings is 1. The van der Waals surface area contributed by atoms with E-state index < -0.39 is 0 Å². The molecule has 0 amide bonds. The van der Waals surface area contributed by atoms with Gasteiger partial charge in [-0.2, -0.15) is 0 Å². The Kier molecular flexibility index (Phi) is 5.29. The molecule has 0 spiro atoms. The molecule has 0 saturated carbocycles. The summed E-state index contributed by atoms with van der Waals surface area (Å²) in [7, 11) is 3.16. The molecular formula is C15H18ClNO2S. The van der Waals surface area contributed by atoms with Gasteiger partial charge in [-0.1, -0.05) is 17.7 Å². The molecule has 108 valence electrons. The molecule has 1 aromatic heterocycles. The average Bonchev–Trinajstić information content (AvgIpc) is 2.97. The minimum absolute atomic E-state index is 0.0746. The molecule has 1 atom stereocenters. The summed E-state index contributed by atoms with van der Waals surface area (Å²) < 4.78 is 10.5. The molecule has 0 radical (unpaired) electrons. The van der Waals surface area contributed by atoms with E-state index in [4.69, 9.17) is 26.8 Å². The Hall–Kier alpha value is -1.23. The first-order valence-corrected chi connectivity index (χ1v) is 7.61. The molecule has 2 rings (SSSR count). The molecule has 0 bridgehead atoms. The van der Waals surface area contributed by atoms with Crippen LogP contribution in [0.15, 0.2) is 29.6 Å². The topological polar surface area (TPSA) is 44.5 Å². The van der Waals surface area contributed by atoms with E-state index in [2.05, 4.69) is 17.5 Å². The second kappa shape index (κ2) is 6.97. The lowest BCUT2D eigenvalue weighted by Crippen LogP contribution is -2.11. The predicted octanol–water partition coefficient (Wildman–Crippen LogP) is 4.05. The van der Waals surface area contributed by atoms with Crippen LogP contribution in [0, 0.1) is 0 Å². The van der Waals surface area contributed by atoms with Crippen LogP contribution in [-0.4, -0.2) is 14.2 Å². The number of halogens is 1. The Morgan fingerprint density at radius 2 is 2.10 bits per heavy atom. The summed E-state index contributed by atoms with van der Waals surface area (Å²) in [6, 6.07) is 7.85. The lowest BCUT2D eigenvalue weighted by Gasteiger charge is -2.16. The normalized spacial score (nSPS) is 12.2. The van der Waals surface area contributed by atoms with Crippen molar-refractivity contribution in [1.29, 1.82) is 0 Å². The van der Waals surface area contributed by atoms with Crippen molar-refractivity contribution in [3.05, 3.63) is 45.1 Å². The van der Waals surface area contributed by atoms with E-state index in [-0.39, 0.29) is 6.04 Å². The fourth-order valence-electron chi connectivity index (χ4n) is 2.07. The SMILES string of the molecule is COc1cc(C(N)CCc2cccs2)cc(Cl)c1OC. The van der Waals surface area contributed by atoms with E-state index in [1.54, 1.807) is 25.6 Å². The number of nitrogens with two attached hydrogens (primary N) is 1. The molecular weight excluding hydrogens is 294 g/mol. The number of methoxy groups -OCH3 is 2. The first-order chi connectivity index (χ1) is 9.65. The summed E-state index contributed by atoms with van der Waals surface area (Å²) in [5.74, 6) is 1.16.